The fourth-order valence-electron chi connectivity index (χ4n) is 3.05. The SMILES string of the molecule is C=C(C)C[C@H](N=C(c1ccccc1)c1ccccc1)c1ccc([N+](=O)[O-])cc1. The summed E-state index contributed by atoms with van der Waals surface area (Å²) in [6, 6.07) is 26.5. The Balaban J connectivity index is 2.09. The van der Waals surface area contributed by atoms with Crippen LogP contribution in [0.25, 0.3) is 0 Å². The molecule has 0 aliphatic rings. The first kappa shape index (κ1) is 19.2. The van der Waals surface area contributed by atoms with Crippen LogP contribution in [-0.4, -0.2) is 10.6 Å². The lowest BCUT2D eigenvalue weighted by Crippen LogP contribution is -2.07. The van der Waals surface area contributed by atoms with E-state index in [-0.39, 0.29) is 16.7 Å². The van der Waals surface area contributed by atoms with Crippen LogP contribution in [-0.2, 0) is 0 Å². The largest absolute Gasteiger partial charge is 0.276 e. The van der Waals surface area contributed by atoms with E-state index in [1.807, 2.05) is 67.6 Å². The van der Waals surface area contributed by atoms with E-state index < -0.39 is 0 Å². The Bertz CT molecular complexity index is 937. The molecule has 0 aliphatic heterocycles. The van der Waals surface area contributed by atoms with E-state index in [1.54, 1.807) is 12.1 Å². The lowest BCUT2D eigenvalue weighted by Gasteiger charge is -2.17. The van der Waals surface area contributed by atoms with Crippen LogP contribution in [0.2, 0.25) is 0 Å². The summed E-state index contributed by atoms with van der Waals surface area (Å²) >= 11 is 0. The molecule has 0 bridgehead atoms. The Morgan fingerprint density at radius 2 is 1.43 bits per heavy atom. The van der Waals surface area contributed by atoms with Crippen molar-refractivity contribution in [1.29, 1.82) is 0 Å². The molecule has 140 valence electrons. The highest BCUT2D eigenvalue weighted by Gasteiger charge is 2.16. The zero-order chi connectivity index (χ0) is 19.9. The van der Waals surface area contributed by atoms with Crippen molar-refractivity contribution < 1.29 is 4.92 Å². The summed E-state index contributed by atoms with van der Waals surface area (Å²) in [5.41, 5.74) is 4.97. The van der Waals surface area contributed by atoms with Gasteiger partial charge in [0.25, 0.3) is 5.69 Å². The quantitative estimate of drug-likeness (QED) is 0.217. The molecule has 0 fully saturated rings. The topological polar surface area (TPSA) is 55.5 Å². The highest BCUT2D eigenvalue weighted by molar-refractivity contribution is 6.13. The summed E-state index contributed by atoms with van der Waals surface area (Å²) in [6.45, 7) is 6.01. The summed E-state index contributed by atoms with van der Waals surface area (Å²) < 4.78 is 0. The zero-order valence-corrected chi connectivity index (χ0v) is 15.8. The number of hydrogen-bond donors (Lipinski definition) is 0. The molecule has 0 spiro atoms. The number of non-ortho nitro benzene ring substituents is 1. The van der Waals surface area contributed by atoms with E-state index in [4.69, 9.17) is 4.99 Å². The van der Waals surface area contributed by atoms with Gasteiger partial charge in [-0.1, -0.05) is 78.4 Å². The van der Waals surface area contributed by atoms with Gasteiger partial charge in [0.1, 0.15) is 0 Å². The fourth-order valence-corrected chi connectivity index (χ4v) is 3.05. The molecule has 28 heavy (non-hydrogen) atoms. The second-order valence-corrected chi connectivity index (χ2v) is 6.74. The molecule has 0 unspecified atom stereocenters. The molecular weight excluding hydrogens is 348 g/mol. The van der Waals surface area contributed by atoms with Gasteiger partial charge in [-0.15, -0.1) is 6.58 Å². The van der Waals surface area contributed by atoms with Gasteiger partial charge in [-0.3, -0.25) is 15.1 Å². The summed E-state index contributed by atoms with van der Waals surface area (Å²) in [7, 11) is 0. The second kappa shape index (κ2) is 8.91. The predicted molar refractivity (Wildman–Crippen MR) is 114 cm³/mol. The Morgan fingerprint density at radius 3 is 1.86 bits per heavy atom. The van der Waals surface area contributed by atoms with Gasteiger partial charge in [-0.05, 0) is 18.9 Å². The third kappa shape index (κ3) is 4.80. The standard InChI is InChI=1S/C24H22N2O2/c1-18(2)17-23(19-13-15-22(16-14-19)26(27)28)25-24(20-9-5-3-6-10-20)21-11-7-4-8-12-21/h3-16,23H,1,17H2,2H3/t23-/m0/s1. The van der Waals surface area contributed by atoms with Crippen LogP contribution in [0.1, 0.15) is 36.1 Å². The van der Waals surface area contributed by atoms with Crippen molar-refractivity contribution >= 4 is 11.4 Å². The maximum absolute atomic E-state index is 11.0. The van der Waals surface area contributed by atoms with Gasteiger partial charge in [0.15, 0.2) is 0 Å². The van der Waals surface area contributed by atoms with Crippen LogP contribution in [0, 0.1) is 10.1 Å². The third-order valence-electron chi connectivity index (χ3n) is 4.41. The molecule has 0 saturated heterocycles. The molecule has 0 aliphatic carbocycles. The zero-order valence-electron chi connectivity index (χ0n) is 15.8. The lowest BCUT2D eigenvalue weighted by atomic mass is 9.97. The van der Waals surface area contributed by atoms with Crippen LogP contribution in [0.3, 0.4) is 0 Å². The number of aliphatic imine (C=N–C) groups is 1. The maximum Gasteiger partial charge on any atom is 0.269 e. The third-order valence-corrected chi connectivity index (χ3v) is 4.41. The number of rotatable bonds is 7. The molecule has 3 rings (SSSR count). The number of nitro benzene ring substituents is 1. The summed E-state index contributed by atoms with van der Waals surface area (Å²) in [5.74, 6) is 0. The normalized spacial score (nSPS) is 11.5. The van der Waals surface area contributed by atoms with Crippen molar-refractivity contribution in [2.75, 3.05) is 0 Å². The highest BCUT2D eigenvalue weighted by atomic mass is 16.6. The molecule has 1 atom stereocenters. The molecular formula is C24H22N2O2. The van der Waals surface area contributed by atoms with Gasteiger partial charge in [-0.2, -0.15) is 0 Å². The Kier molecular flexibility index (Phi) is 6.12. The van der Waals surface area contributed by atoms with Crippen molar-refractivity contribution in [3.05, 3.63) is 124 Å². The van der Waals surface area contributed by atoms with Gasteiger partial charge in [-0.25, -0.2) is 0 Å². The molecule has 0 aromatic heterocycles. The van der Waals surface area contributed by atoms with E-state index in [0.29, 0.717) is 6.42 Å². The number of nitro groups is 1. The van der Waals surface area contributed by atoms with Crippen LogP contribution < -0.4 is 0 Å². The van der Waals surface area contributed by atoms with Gasteiger partial charge in [0.2, 0.25) is 0 Å². The Hall–Kier alpha value is -3.53. The van der Waals surface area contributed by atoms with Gasteiger partial charge in [0, 0.05) is 23.3 Å². The van der Waals surface area contributed by atoms with Gasteiger partial charge >= 0.3 is 0 Å². The first-order valence-electron chi connectivity index (χ1n) is 9.12. The number of nitrogens with zero attached hydrogens (tertiary/aromatic N) is 2. The Morgan fingerprint density at radius 1 is 0.929 bits per heavy atom. The molecule has 0 amide bonds. The summed E-state index contributed by atoms with van der Waals surface area (Å²) in [5, 5.41) is 11.0. The second-order valence-electron chi connectivity index (χ2n) is 6.74. The molecule has 0 saturated carbocycles. The minimum absolute atomic E-state index is 0.0770. The van der Waals surface area contributed by atoms with E-state index in [9.17, 15) is 10.1 Å². The maximum atomic E-state index is 11.0. The first-order valence-corrected chi connectivity index (χ1v) is 9.12. The van der Waals surface area contributed by atoms with E-state index >= 15 is 0 Å². The average molecular weight is 370 g/mol. The van der Waals surface area contributed by atoms with Gasteiger partial charge < -0.3 is 0 Å². The molecule has 3 aromatic carbocycles. The molecule has 4 nitrogen and oxygen atoms in total. The van der Waals surface area contributed by atoms with Crippen LogP contribution in [0.15, 0.2) is 102 Å². The Labute approximate surface area is 165 Å². The van der Waals surface area contributed by atoms with Crippen LogP contribution in [0.4, 0.5) is 5.69 Å². The van der Waals surface area contributed by atoms with E-state index in [0.717, 1.165) is 28.0 Å². The highest BCUT2D eigenvalue weighted by Crippen LogP contribution is 2.28. The molecule has 0 N–H and O–H groups in total. The predicted octanol–water partition coefficient (Wildman–Crippen LogP) is 6.14. The van der Waals surface area contributed by atoms with E-state index in [1.165, 1.54) is 12.1 Å². The first-order chi connectivity index (χ1) is 13.5. The molecule has 0 radical (unpaired) electrons. The van der Waals surface area contributed by atoms with Crippen molar-refractivity contribution in [1.82, 2.24) is 0 Å². The van der Waals surface area contributed by atoms with Crippen LogP contribution >= 0.6 is 0 Å². The van der Waals surface area contributed by atoms with Crippen LogP contribution in [0.5, 0.6) is 0 Å². The molecule has 0 heterocycles. The van der Waals surface area contributed by atoms with Crippen molar-refractivity contribution in [3.63, 3.8) is 0 Å². The molecule has 4 heteroatoms. The minimum atomic E-state index is -0.389. The summed E-state index contributed by atoms with van der Waals surface area (Å²) in [4.78, 5) is 15.7. The molecule has 3 aromatic rings. The summed E-state index contributed by atoms with van der Waals surface area (Å²) in [6.07, 6.45) is 0.668. The number of hydrogen-bond acceptors (Lipinski definition) is 3. The van der Waals surface area contributed by atoms with E-state index in [2.05, 4.69) is 6.58 Å². The monoisotopic (exact) mass is 370 g/mol. The minimum Gasteiger partial charge on any atom is -0.276 e. The smallest absolute Gasteiger partial charge is 0.269 e. The average Bonchev–Trinajstić information content (AvgIpc) is 2.72. The van der Waals surface area contributed by atoms with Crippen molar-refractivity contribution in [2.24, 2.45) is 4.99 Å². The van der Waals surface area contributed by atoms with Crippen molar-refractivity contribution in [3.8, 4) is 0 Å². The van der Waals surface area contributed by atoms with Gasteiger partial charge in [0.05, 0.1) is 16.7 Å². The van der Waals surface area contributed by atoms with Crippen molar-refractivity contribution in [2.45, 2.75) is 19.4 Å². The fraction of sp³-hybridized carbons (Fsp3) is 0.125. The lowest BCUT2D eigenvalue weighted by molar-refractivity contribution is -0.384. The number of benzene rings is 3.